The predicted molar refractivity (Wildman–Crippen MR) is 256 cm³/mol. The Balaban J connectivity index is 0.866. The van der Waals surface area contributed by atoms with Crippen LogP contribution in [0.3, 0.4) is 0 Å². The number of esters is 1. The molecule has 7 fully saturated rings. The molecule has 0 bridgehead atoms. The lowest BCUT2D eigenvalue weighted by molar-refractivity contribution is -0.373. The lowest BCUT2D eigenvalue weighted by Crippen LogP contribution is -2.66. The molecule has 4 aliphatic carbocycles. The number of aliphatic hydroxyl groups excluding tert-OH is 5. The lowest BCUT2D eigenvalue weighted by atomic mass is 9.45. The summed E-state index contributed by atoms with van der Waals surface area (Å²) in [7, 11) is 4.56. The van der Waals surface area contributed by atoms with Crippen molar-refractivity contribution in [2.75, 3.05) is 27.9 Å². The fraction of sp³-hybridized carbons (Fsp3) is 0.887. The van der Waals surface area contributed by atoms with Crippen LogP contribution in [0.25, 0.3) is 0 Å². The van der Waals surface area contributed by atoms with E-state index < -0.39 is 146 Å². The number of carbonyl (C=O) groups excluding carboxylic acids is 2. The van der Waals surface area contributed by atoms with Crippen molar-refractivity contribution in [2.45, 2.75) is 242 Å². The van der Waals surface area contributed by atoms with Gasteiger partial charge in [0.2, 0.25) is 0 Å². The van der Waals surface area contributed by atoms with Gasteiger partial charge in [0.15, 0.2) is 25.2 Å². The third kappa shape index (κ3) is 10.4. The topological polar surface area (TPSA) is 266 Å². The fourth-order valence-electron chi connectivity index (χ4n) is 14.3. The van der Waals surface area contributed by atoms with Crippen LogP contribution in [0.5, 0.6) is 0 Å². The molecule has 0 unspecified atom stereocenters. The summed E-state index contributed by atoms with van der Waals surface area (Å²) < 4.78 is 74.3. The zero-order chi connectivity index (χ0) is 53.1. The van der Waals surface area contributed by atoms with Crippen molar-refractivity contribution in [3.63, 3.8) is 0 Å². The number of fused-ring (bicyclic) bond motifs is 5. The molecule has 8 rings (SSSR count). The van der Waals surface area contributed by atoms with Gasteiger partial charge in [-0.25, -0.2) is 4.79 Å². The van der Waals surface area contributed by atoms with Crippen LogP contribution >= 0.6 is 0 Å². The molecule has 0 aromatic heterocycles. The van der Waals surface area contributed by atoms with Crippen LogP contribution in [-0.2, 0) is 66.4 Å². The van der Waals surface area contributed by atoms with Crippen molar-refractivity contribution in [1.29, 1.82) is 0 Å². The van der Waals surface area contributed by atoms with Gasteiger partial charge in [-0.05, 0) is 104 Å². The minimum absolute atomic E-state index is 0.0237. The number of Topliss-reactive ketones (excluding diaryl/α,β-unsaturated/α-hetero) is 1. The molecule has 6 N–H and O–H groups in total. The van der Waals surface area contributed by atoms with Gasteiger partial charge < -0.3 is 87.5 Å². The van der Waals surface area contributed by atoms with E-state index >= 15 is 0 Å². The van der Waals surface area contributed by atoms with Crippen LogP contribution in [0.1, 0.15) is 113 Å². The van der Waals surface area contributed by atoms with Gasteiger partial charge in [-0.1, -0.05) is 31.6 Å². The van der Waals surface area contributed by atoms with Crippen LogP contribution < -0.4 is 0 Å². The Bertz CT molecular complexity index is 1980. The van der Waals surface area contributed by atoms with Gasteiger partial charge in [-0.15, -0.1) is 0 Å². The zero-order valence-electron chi connectivity index (χ0n) is 44.4. The van der Waals surface area contributed by atoms with Crippen molar-refractivity contribution in [1.82, 2.24) is 0 Å². The Morgan fingerprint density at radius 3 is 1.92 bits per heavy atom. The van der Waals surface area contributed by atoms with Crippen LogP contribution in [0.15, 0.2) is 23.3 Å². The van der Waals surface area contributed by atoms with E-state index in [0.29, 0.717) is 44.1 Å². The second-order valence-corrected chi connectivity index (χ2v) is 22.6. The first-order chi connectivity index (χ1) is 34.6. The number of ether oxygens (including phenoxy) is 12. The molecule has 0 aromatic rings. The van der Waals surface area contributed by atoms with Crippen molar-refractivity contribution < 1.29 is 97.1 Å². The van der Waals surface area contributed by atoms with E-state index in [9.17, 15) is 40.2 Å². The van der Waals surface area contributed by atoms with E-state index in [2.05, 4.69) is 13.0 Å². The SMILES string of the molecule is C/C=C(\C)C(=O)O[C@@H]1C[C@H]2[C@@H](CC=C3C[C@@H](O[C@H]4C[C@H](OC)[C@H](O[C@H]5C[C@H](OC)[C@H](O[C@@H]6O[C@H](C)[C@@H](O[C@@H]7O[C@H](CO)[C@@H](O)[C@H](O)[C@H]7O)[C@H](OC)[C@H]6O)[C@@H](C)O5)[C@@H](C)O4)CC[C@@]32C)[C@@]2(O)CC[C@H](C(C)=O)[C@@]12C. The Labute approximate surface area is 429 Å². The Hall–Kier alpha value is -2.06. The highest BCUT2D eigenvalue weighted by molar-refractivity contribution is 5.88. The molecule has 26 atom stereocenters. The number of hydrogen-bond acceptors (Lipinski definition) is 20. The summed E-state index contributed by atoms with van der Waals surface area (Å²) in [5.41, 5.74) is -0.562. The van der Waals surface area contributed by atoms with Gasteiger partial charge in [-0.3, -0.25) is 4.79 Å². The minimum atomic E-state index is -1.67. The van der Waals surface area contributed by atoms with Gasteiger partial charge in [-0.2, -0.15) is 0 Å². The van der Waals surface area contributed by atoms with Crippen molar-refractivity contribution in [3.05, 3.63) is 23.3 Å². The lowest BCUT2D eigenvalue weighted by Gasteiger charge is -2.63. The average molecular weight is 1040 g/mol. The van der Waals surface area contributed by atoms with Gasteiger partial charge in [0, 0.05) is 51.1 Å². The monoisotopic (exact) mass is 1040 g/mol. The number of allylic oxidation sites excluding steroid dienone is 2. The van der Waals surface area contributed by atoms with E-state index in [-0.39, 0.29) is 35.6 Å². The summed E-state index contributed by atoms with van der Waals surface area (Å²) in [5.74, 6) is -0.834. The van der Waals surface area contributed by atoms with E-state index in [1.165, 1.54) is 12.7 Å². The number of methoxy groups -OCH3 is 3. The van der Waals surface area contributed by atoms with E-state index in [4.69, 9.17) is 56.8 Å². The van der Waals surface area contributed by atoms with E-state index in [0.717, 1.165) is 12.8 Å². The number of rotatable bonds is 15. The van der Waals surface area contributed by atoms with E-state index in [1.54, 1.807) is 48.0 Å². The fourth-order valence-corrected chi connectivity index (χ4v) is 14.3. The second kappa shape index (κ2) is 22.7. The highest BCUT2D eigenvalue weighted by atomic mass is 16.8. The molecule has 3 saturated carbocycles. The summed E-state index contributed by atoms with van der Waals surface area (Å²) in [6, 6.07) is 0. The Kier molecular flexibility index (Phi) is 17.8. The molecule has 20 heteroatoms. The van der Waals surface area contributed by atoms with Crippen molar-refractivity contribution in [2.24, 2.45) is 28.6 Å². The molecule has 20 nitrogen and oxygen atoms in total. The van der Waals surface area contributed by atoms with Gasteiger partial charge in [0.1, 0.15) is 66.8 Å². The maximum absolute atomic E-state index is 13.4. The normalized spacial score (nSPS) is 50.3. The smallest absolute Gasteiger partial charge is 0.333 e. The number of hydrogen-bond donors (Lipinski definition) is 6. The van der Waals surface area contributed by atoms with Crippen LogP contribution in [-0.4, -0.2) is 199 Å². The molecule has 4 aliphatic heterocycles. The molecule has 0 spiro atoms. The van der Waals surface area contributed by atoms with Crippen LogP contribution in [0.4, 0.5) is 0 Å². The summed E-state index contributed by atoms with van der Waals surface area (Å²) in [4.78, 5) is 26.5. The van der Waals surface area contributed by atoms with Gasteiger partial charge in [0.25, 0.3) is 0 Å². The first kappa shape index (κ1) is 57.1. The third-order valence-electron chi connectivity index (χ3n) is 18.8. The maximum atomic E-state index is 13.4. The van der Waals surface area contributed by atoms with Gasteiger partial charge >= 0.3 is 5.97 Å². The van der Waals surface area contributed by atoms with E-state index in [1.807, 2.05) is 20.8 Å². The Morgan fingerprint density at radius 1 is 0.712 bits per heavy atom. The molecule has 4 heterocycles. The van der Waals surface area contributed by atoms with Crippen LogP contribution in [0, 0.1) is 28.6 Å². The highest BCUT2D eigenvalue weighted by Gasteiger charge is 2.71. The predicted octanol–water partition coefficient (Wildman–Crippen LogP) is 2.52. The summed E-state index contributed by atoms with van der Waals surface area (Å²) in [6.45, 7) is 14.1. The molecular formula is C53H84O20. The third-order valence-corrected chi connectivity index (χ3v) is 18.8. The summed E-state index contributed by atoms with van der Waals surface area (Å²) in [6.07, 6.45) is -9.21. The molecular weight excluding hydrogens is 957 g/mol. The quantitative estimate of drug-likeness (QED) is 0.0782. The van der Waals surface area contributed by atoms with Gasteiger partial charge in [0.05, 0.1) is 48.8 Å². The summed E-state index contributed by atoms with van der Waals surface area (Å²) in [5, 5.41) is 65.2. The zero-order valence-corrected chi connectivity index (χ0v) is 44.4. The Morgan fingerprint density at radius 2 is 1.32 bits per heavy atom. The molecule has 73 heavy (non-hydrogen) atoms. The molecule has 0 radical (unpaired) electrons. The molecule has 416 valence electrons. The van der Waals surface area contributed by atoms with Crippen molar-refractivity contribution in [3.8, 4) is 0 Å². The highest BCUT2D eigenvalue weighted by Crippen LogP contribution is 2.68. The number of carbonyl (C=O) groups is 2. The second-order valence-electron chi connectivity index (χ2n) is 22.6. The largest absolute Gasteiger partial charge is 0.458 e. The number of aliphatic hydroxyl groups is 6. The minimum Gasteiger partial charge on any atom is -0.458 e. The summed E-state index contributed by atoms with van der Waals surface area (Å²) >= 11 is 0. The average Bonchev–Trinajstić information content (AvgIpc) is 3.65. The molecule has 8 aliphatic rings. The molecule has 0 amide bonds. The van der Waals surface area contributed by atoms with Crippen LogP contribution in [0.2, 0.25) is 0 Å². The maximum Gasteiger partial charge on any atom is 0.333 e. The standard InChI is InChI=1S/C53H84O20/c1-12-24(2)48(60)70-37-20-33-32(53(61)18-16-31(25(3)55)52(37,53)8)14-13-29-19-30(15-17-51(29,33)7)68-38-21-34(62-9)44(26(4)65-38)71-39-22-35(63-10)45(27(5)66-39)72-50-43(59)47(64-11)46(28(6)67-50)73-49-42(58)41(57)40(56)36(23-54)69-49/h12-13,26-28,30-47,49-50,54,56-59,61H,14-23H2,1-11H3/b24-12+/t26-,27-,28-,30+,31-,32-,33+,34+,35+,36-,37-,38+,39+,40-,41+,42-,43-,44-,45-,46-,47-,49+,50+,51+,52+,53+/m1/s1. The van der Waals surface area contributed by atoms with Crippen molar-refractivity contribution >= 4 is 11.8 Å². The molecule has 4 saturated heterocycles. The first-order valence-corrected chi connectivity index (χ1v) is 26.5. The first-order valence-electron chi connectivity index (χ1n) is 26.5. The molecule has 0 aromatic carbocycles. The number of ketones is 1.